The molecule has 1 N–H and O–H groups in total. The fourth-order valence-electron chi connectivity index (χ4n) is 3.10. The zero-order valence-electron chi connectivity index (χ0n) is 14.6. The second kappa shape index (κ2) is 6.26. The molecular formula is C19H19N3O3S. The topological polar surface area (TPSA) is 71.5 Å². The molecule has 0 unspecified atom stereocenters. The van der Waals surface area contributed by atoms with Crippen molar-refractivity contribution >= 4 is 26.6 Å². The number of pyridine rings is 1. The molecule has 0 radical (unpaired) electrons. The Hall–Kier alpha value is -2.64. The summed E-state index contributed by atoms with van der Waals surface area (Å²) in [6.07, 6.45) is 1.65. The van der Waals surface area contributed by atoms with Crippen molar-refractivity contribution < 1.29 is 13.2 Å². The summed E-state index contributed by atoms with van der Waals surface area (Å²) in [6.45, 7) is 1.31. The molecule has 0 spiro atoms. The number of ether oxygens (including phenoxy) is 1. The number of likely N-dealkylation sites (N-methyl/N-ethyl adjacent to an activating group) is 1. The maximum atomic E-state index is 12.6. The summed E-state index contributed by atoms with van der Waals surface area (Å²) in [5.74, 6) is 0.699. The fraction of sp³-hybridized carbons (Fsp3) is 0.211. The molecule has 0 bridgehead atoms. The van der Waals surface area contributed by atoms with Gasteiger partial charge in [-0.25, -0.2) is 8.42 Å². The second-order valence-electron chi connectivity index (χ2n) is 6.45. The zero-order valence-corrected chi connectivity index (χ0v) is 15.4. The lowest BCUT2D eigenvalue weighted by atomic mass is 10.00. The minimum atomic E-state index is -3.63. The molecule has 6 nitrogen and oxygen atoms in total. The largest absolute Gasteiger partial charge is 0.492 e. The maximum absolute atomic E-state index is 12.6. The van der Waals surface area contributed by atoms with E-state index >= 15 is 0 Å². The quantitative estimate of drug-likeness (QED) is 0.766. The molecule has 0 atom stereocenters. The Balaban J connectivity index is 1.94. The van der Waals surface area contributed by atoms with Gasteiger partial charge in [0.15, 0.2) is 0 Å². The van der Waals surface area contributed by atoms with Crippen molar-refractivity contribution in [1.29, 1.82) is 0 Å². The molecule has 1 aliphatic rings. The Labute approximate surface area is 152 Å². The van der Waals surface area contributed by atoms with Crippen LogP contribution in [0, 0.1) is 0 Å². The van der Waals surface area contributed by atoms with E-state index in [0.717, 1.165) is 17.5 Å². The molecule has 2 heterocycles. The van der Waals surface area contributed by atoms with Crippen molar-refractivity contribution in [3.63, 3.8) is 0 Å². The van der Waals surface area contributed by atoms with E-state index in [1.54, 1.807) is 18.3 Å². The number of rotatable bonds is 4. The number of hydrogen-bond donors (Lipinski definition) is 1. The summed E-state index contributed by atoms with van der Waals surface area (Å²) in [6, 6.07) is 12.6. The van der Waals surface area contributed by atoms with Crippen molar-refractivity contribution in [3.8, 4) is 16.9 Å². The smallest absolute Gasteiger partial charge is 0.262 e. The van der Waals surface area contributed by atoms with E-state index in [9.17, 15) is 8.42 Å². The predicted octanol–water partition coefficient (Wildman–Crippen LogP) is 2.96. The van der Waals surface area contributed by atoms with Gasteiger partial charge in [0.25, 0.3) is 10.0 Å². The van der Waals surface area contributed by atoms with Gasteiger partial charge < -0.3 is 9.64 Å². The highest BCUT2D eigenvalue weighted by molar-refractivity contribution is 7.93. The third-order valence-corrected chi connectivity index (χ3v) is 5.76. The van der Waals surface area contributed by atoms with Crippen molar-refractivity contribution in [1.82, 2.24) is 9.88 Å². The van der Waals surface area contributed by atoms with Gasteiger partial charge in [0.05, 0.1) is 16.1 Å². The van der Waals surface area contributed by atoms with Crippen LogP contribution in [0.3, 0.4) is 0 Å². The van der Waals surface area contributed by atoms with Crippen LogP contribution in [0.2, 0.25) is 0 Å². The van der Waals surface area contributed by atoms with E-state index in [1.807, 2.05) is 49.3 Å². The van der Waals surface area contributed by atoms with Crippen LogP contribution in [0.1, 0.15) is 0 Å². The number of nitrogens with zero attached hydrogens (tertiary/aromatic N) is 2. The highest BCUT2D eigenvalue weighted by Crippen LogP contribution is 2.45. The number of fused-ring (bicyclic) bond motifs is 5. The van der Waals surface area contributed by atoms with E-state index in [0.29, 0.717) is 29.1 Å². The SMILES string of the molecule is CN(C)CCOc1cc2c(c3ncccc13)NS(=O)(=O)c1ccccc1-2. The Kier molecular flexibility index (Phi) is 4.05. The van der Waals surface area contributed by atoms with E-state index in [2.05, 4.69) is 9.71 Å². The number of sulfonamides is 1. The first kappa shape index (κ1) is 16.8. The molecule has 1 aliphatic heterocycles. The Morgan fingerprint density at radius 1 is 1.12 bits per heavy atom. The Bertz CT molecular complexity index is 1090. The molecule has 134 valence electrons. The summed E-state index contributed by atoms with van der Waals surface area (Å²) < 4.78 is 34.0. The monoisotopic (exact) mass is 369 g/mol. The fourth-order valence-corrected chi connectivity index (χ4v) is 4.41. The van der Waals surface area contributed by atoms with Gasteiger partial charge in [-0.15, -0.1) is 0 Å². The van der Waals surface area contributed by atoms with Crippen LogP contribution in [-0.4, -0.2) is 45.5 Å². The van der Waals surface area contributed by atoms with Gasteiger partial charge in [-0.3, -0.25) is 9.71 Å². The Morgan fingerprint density at radius 3 is 2.73 bits per heavy atom. The van der Waals surface area contributed by atoms with Crippen LogP contribution in [0.25, 0.3) is 22.0 Å². The first-order valence-corrected chi connectivity index (χ1v) is 9.77. The van der Waals surface area contributed by atoms with Crippen LogP contribution >= 0.6 is 0 Å². The van der Waals surface area contributed by atoms with E-state index < -0.39 is 10.0 Å². The molecule has 4 rings (SSSR count). The maximum Gasteiger partial charge on any atom is 0.262 e. The van der Waals surface area contributed by atoms with Crippen molar-refractivity contribution in [2.24, 2.45) is 0 Å². The average Bonchev–Trinajstić information content (AvgIpc) is 2.62. The lowest BCUT2D eigenvalue weighted by Gasteiger charge is -2.24. The van der Waals surface area contributed by atoms with Gasteiger partial charge in [0, 0.05) is 29.3 Å². The third kappa shape index (κ3) is 2.79. The standard InChI is InChI=1S/C19H19N3O3S/c1-22(2)10-11-25-16-12-15-13-6-3-4-8-17(13)26(23,24)21-19(15)18-14(16)7-5-9-20-18/h3-9,12,21H,10-11H2,1-2H3. The predicted molar refractivity (Wildman–Crippen MR) is 102 cm³/mol. The van der Waals surface area contributed by atoms with Crippen LogP contribution in [-0.2, 0) is 10.0 Å². The minimum absolute atomic E-state index is 0.266. The van der Waals surface area contributed by atoms with Gasteiger partial charge in [0.1, 0.15) is 12.4 Å². The molecule has 1 aromatic heterocycles. The Morgan fingerprint density at radius 2 is 1.92 bits per heavy atom. The molecular weight excluding hydrogens is 350 g/mol. The number of aromatic nitrogens is 1. The average molecular weight is 369 g/mol. The molecule has 0 amide bonds. The molecule has 0 saturated carbocycles. The summed E-state index contributed by atoms with van der Waals surface area (Å²) >= 11 is 0. The molecule has 2 aromatic carbocycles. The van der Waals surface area contributed by atoms with E-state index in [-0.39, 0.29) is 4.90 Å². The highest BCUT2D eigenvalue weighted by Gasteiger charge is 2.29. The lowest BCUT2D eigenvalue weighted by molar-refractivity contribution is 0.264. The first-order valence-electron chi connectivity index (χ1n) is 8.29. The summed E-state index contributed by atoms with van der Waals surface area (Å²) in [4.78, 5) is 6.73. The molecule has 0 fully saturated rings. The molecule has 7 heteroatoms. The number of benzene rings is 2. The van der Waals surface area contributed by atoms with Crippen molar-refractivity contribution in [3.05, 3.63) is 48.7 Å². The molecule has 0 saturated heterocycles. The normalized spacial score (nSPS) is 14.6. The summed E-state index contributed by atoms with van der Waals surface area (Å²) in [5, 5.41) is 0.784. The van der Waals surface area contributed by atoms with E-state index in [1.165, 1.54) is 0 Å². The first-order chi connectivity index (χ1) is 12.5. The van der Waals surface area contributed by atoms with Gasteiger partial charge in [0.2, 0.25) is 0 Å². The minimum Gasteiger partial charge on any atom is -0.492 e. The molecule has 26 heavy (non-hydrogen) atoms. The zero-order chi connectivity index (χ0) is 18.3. The molecule has 3 aromatic rings. The third-order valence-electron chi connectivity index (χ3n) is 4.35. The van der Waals surface area contributed by atoms with E-state index in [4.69, 9.17) is 4.74 Å². The number of hydrogen-bond acceptors (Lipinski definition) is 5. The van der Waals surface area contributed by atoms with Crippen molar-refractivity contribution in [2.45, 2.75) is 4.90 Å². The molecule has 0 aliphatic carbocycles. The van der Waals surface area contributed by atoms with Crippen LogP contribution in [0.15, 0.2) is 53.6 Å². The van der Waals surface area contributed by atoms with Gasteiger partial charge in [-0.2, -0.15) is 0 Å². The van der Waals surface area contributed by atoms with Gasteiger partial charge in [-0.1, -0.05) is 18.2 Å². The highest BCUT2D eigenvalue weighted by atomic mass is 32.2. The number of anilines is 1. The lowest BCUT2D eigenvalue weighted by Crippen LogP contribution is -2.21. The number of nitrogens with one attached hydrogen (secondary N) is 1. The van der Waals surface area contributed by atoms with Crippen LogP contribution in [0.4, 0.5) is 5.69 Å². The van der Waals surface area contributed by atoms with Gasteiger partial charge in [-0.05, 0) is 38.4 Å². The summed E-state index contributed by atoms with van der Waals surface area (Å²) in [5.41, 5.74) is 2.52. The van der Waals surface area contributed by atoms with Gasteiger partial charge >= 0.3 is 0 Å². The summed E-state index contributed by atoms with van der Waals surface area (Å²) in [7, 11) is 0.349. The van der Waals surface area contributed by atoms with Crippen LogP contribution < -0.4 is 9.46 Å². The van der Waals surface area contributed by atoms with Crippen molar-refractivity contribution in [2.75, 3.05) is 32.0 Å². The van der Waals surface area contributed by atoms with Crippen LogP contribution in [0.5, 0.6) is 5.75 Å². The second-order valence-corrected chi connectivity index (χ2v) is 8.10.